The molecule has 0 saturated carbocycles. The van der Waals surface area contributed by atoms with E-state index in [-0.39, 0.29) is 25.5 Å². The second kappa shape index (κ2) is 16.9. The second-order valence-corrected chi connectivity index (χ2v) is 11.5. The second-order valence-electron chi connectivity index (χ2n) is 11.5. The van der Waals surface area contributed by atoms with E-state index in [4.69, 9.17) is 9.47 Å². The third-order valence-corrected chi connectivity index (χ3v) is 6.67. The first-order valence-electron chi connectivity index (χ1n) is 14.8. The highest BCUT2D eigenvalue weighted by atomic mass is 16.6. The number of rotatable bonds is 13. The molecule has 43 heavy (non-hydrogen) atoms. The monoisotopic (exact) mass is 592 g/mol. The van der Waals surface area contributed by atoms with E-state index in [1.54, 1.807) is 31.7 Å². The van der Waals surface area contributed by atoms with Crippen molar-refractivity contribution in [3.05, 3.63) is 83.9 Å². The standard InChI is InChI=1S/C33H44N4O6/c1-33(2,3)43-32(41)36-28(17-12-20-34-31(40)42-24-26-15-8-5-9-16-26)30(39)35-27(23-25-13-6-4-7-14-25)18-19-29(38)37-21-10-11-22-37/h4-9,13-16,18-19,27-28H,10-12,17,20-24H2,1-3H3,(H,34,40)(H,35,39)(H,36,41)/b19-18+/t27-,28+/m1/s1. The molecule has 1 fully saturated rings. The van der Waals surface area contributed by atoms with Crippen LogP contribution in [0.4, 0.5) is 9.59 Å². The number of hydrogen-bond donors (Lipinski definition) is 3. The zero-order valence-corrected chi connectivity index (χ0v) is 25.3. The van der Waals surface area contributed by atoms with Gasteiger partial charge in [-0.05, 0) is 64.0 Å². The van der Waals surface area contributed by atoms with Crippen LogP contribution < -0.4 is 16.0 Å². The number of likely N-dealkylation sites (tertiary alicyclic amines) is 1. The Bertz CT molecular complexity index is 1210. The maximum absolute atomic E-state index is 13.5. The van der Waals surface area contributed by atoms with Gasteiger partial charge in [-0.25, -0.2) is 9.59 Å². The lowest BCUT2D eigenvalue weighted by Crippen LogP contribution is -2.51. The molecule has 2 aromatic carbocycles. The van der Waals surface area contributed by atoms with Crippen LogP contribution in [0.1, 0.15) is 57.6 Å². The van der Waals surface area contributed by atoms with E-state index in [0.29, 0.717) is 12.8 Å². The van der Waals surface area contributed by atoms with Gasteiger partial charge in [0.2, 0.25) is 11.8 Å². The Balaban J connectivity index is 1.62. The highest BCUT2D eigenvalue weighted by Crippen LogP contribution is 2.11. The van der Waals surface area contributed by atoms with Crippen LogP contribution in [0, 0.1) is 0 Å². The smallest absolute Gasteiger partial charge is 0.408 e. The van der Waals surface area contributed by atoms with E-state index >= 15 is 0 Å². The number of amides is 4. The summed E-state index contributed by atoms with van der Waals surface area (Å²) in [5.74, 6) is -0.504. The molecule has 0 aromatic heterocycles. The maximum atomic E-state index is 13.5. The van der Waals surface area contributed by atoms with Gasteiger partial charge in [-0.15, -0.1) is 0 Å². The Kier molecular flexibility index (Phi) is 13.1. The summed E-state index contributed by atoms with van der Waals surface area (Å²) in [6, 6.07) is 17.6. The molecule has 2 atom stereocenters. The summed E-state index contributed by atoms with van der Waals surface area (Å²) in [6.45, 7) is 7.07. The zero-order valence-electron chi connectivity index (χ0n) is 25.3. The fourth-order valence-corrected chi connectivity index (χ4v) is 4.55. The summed E-state index contributed by atoms with van der Waals surface area (Å²) >= 11 is 0. The van der Waals surface area contributed by atoms with Crippen molar-refractivity contribution >= 4 is 24.0 Å². The number of benzene rings is 2. The molecule has 1 heterocycles. The Morgan fingerprint density at radius 2 is 1.51 bits per heavy atom. The van der Waals surface area contributed by atoms with Crippen LogP contribution >= 0.6 is 0 Å². The summed E-state index contributed by atoms with van der Waals surface area (Å²) in [6.07, 6.45) is 5.00. The lowest BCUT2D eigenvalue weighted by atomic mass is 10.0. The first-order chi connectivity index (χ1) is 20.6. The summed E-state index contributed by atoms with van der Waals surface area (Å²) < 4.78 is 10.6. The molecule has 1 saturated heterocycles. The predicted molar refractivity (Wildman–Crippen MR) is 164 cm³/mol. The molecule has 1 aliphatic rings. The molecular formula is C33H44N4O6. The average Bonchev–Trinajstić information content (AvgIpc) is 3.52. The number of hydrogen-bond acceptors (Lipinski definition) is 6. The molecule has 0 aliphatic carbocycles. The van der Waals surface area contributed by atoms with Gasteiger partial charge in [0, 0.05) is 25.7 Å². The molecular weight excluding hydrogens is 548 g/mol. The molecule has 232 valence electrons. The normalized spacial score (nSPS) is 14.5. The van der Waals surface area contributed by atoms with Crippen LogP contribution in [0.5, 0.6) is 0 Å². The first kappa shape index (κ1) is 33.2. The van der Waals surface area contributed by atoms with Gasteiger partial charge >= 0.3 is 12.2 Å². The van der Waals surface area contributed by atoms with Crippen molar-refractivity contribution in [2.45, 2.75) is 77.2 Å². The molecule has 2 aromatic rings. The van der Waals surface area contributed by atoms with Gasteiger partial charge < -0.3 is 30.3 Å². The highest BCUT2D eigenvalue weighted by Gasteiger charge is 2.26. The molecule has 0 unspecified atom stereocenters. The van der Waals surface area contributed by atoms with Crippen LogP contribution in [0.3, 0.4) is 0 Å². The van der Waals surface area contributed by atoms with E-state index in [1.807, 2.05) is 60.7 Å². The largest absolute Gasteiger partial charge is 0.445 e. The minimum Gasteiger partial charge on any atom is -0.445 e. The van der Waals surface area contributed by atoms with Crippen molar-refractivity contribution in [2.24, 2.45) is 0 Å². The summed E-state index contributed by atoms with van der Waals surface area (Å²) in [4.78, 5) is 52.7. The van der Waals surface area contributed by atoms with Crippen LogP contribution in [0.25, 0.3) is 0 Å². The van der Waals surface area contributed by atoms with Gasteiger partial charge in [0.15, 0.2) is 0 Å². The van der Waals surface area contributed by atoms with Crippen LogP contribution in [-0.4, -0.2) is 66.2 Å². The maximum Gasteiger partial charge on any atom is 0.408 e. The van der Waals surface area contributed by atoms with Crippen molar-refractivity contribution in [3.63, 3.8) is 0 Å². The van der Waals surface area contributed by atoms with E-state index in [0.717, 1.165) is 37.1 Å². The van der Waals surface area contributed by atoms with Crippen molar-refractivity contribution < 1.29 is 28.7 Å². The van der Waals surface area contributed by atoms with E-state index in [1.165, 1.54) is 6.08 Å². The summed E-state index contributed by atoms with van der Waals surface area (Å²) in [5.41, 5.74) is 1.11. The Morgan fingerprint density at radius 1 is 0.884 bits per heavy atom. The van der Waals surface area contributed by atoms with Crippen molar-refractivity contribution in [3.8, 4) is 0 Å². The molecule has 10 heteroatoms. The highest BCUT2D eigenvalue weighted by molar-refractivity contribution is 5.88. The quantitative estimate of drug-likeness (QED) is 0.232. The summed E-state index contributed by atoms with van der Waals surface area (Å²) in [5, 5.41) is 8.34. The molecule has 10 nitrogen and oxygen atoms in total. The number of carbonyl (C=O) groups is 4. The molecule has 4 amide bonds. The molecule has 1 aliphatic heterocycles. The molecule has 0 spiro atoms. The number of carbonyl (C=O) groups excluding carboxylic acids is 4. The van der Waals surface area contributed by atoms with Crippen molar-refractivity contribution in [1.29, 1.82) is 0 Å². The van der Waals surface area contributed by atoms with Crippen LogP contribution in [0.2, 0.25) is 0 Å². The summed E-state index contributed by atoms with van der Waals surface area (Å²) in [7, 11) is 0. The molecule has 0 bridgehead atoms. The third kappa shape index (κ3) is 13.0. The first-order valence-corrected chi connectivity index (χ1v) is 14.8. The van der Waals surface area contributed by atoms with E-state index in [9.17, 15) is 19.2 Å². The van der Waals surface area contributed by atoms with Gasteiger partial charge in [-0.1, -0.05) is 66.7 Å². The third-order valence-electron chi connectivity index (χ3n) is 6.67. The number of nitrogens with one attached hydrogen (secondary N) is 3. The SMILES string of the molecule is CC(C)(C)OC(=O)N[C@@H](CCCNC(=O)OCc1ccccc1)C(=O)N[C@H](/C=C/C(=O)N1CCCC1)Cc1ccccc1. The predicted octanol–water partition coefficient (Wildman–Crippen LogP) is 4.49. The number of ether oxygens (including phenoxy) is 2. The van der Waals surface area contributed by atoms with Gasteiger partial charge in [-0.3, -0.25) is 9.59 Å². The fourth-order valence-electron chi connectivity index (χ4n) is 4.55. The lowest BCUT2D eigenvalue weighted by Gasteiger charge is -2.25. The minimum atomic E-state index is -0.932. The van der Waals surface area contributed by atoms with Crippen LogP contribution in [0.15, 0.2) is 72.8 Å². The Labute approximate surface area is 254 Å². The van der Waals surface area contributed by atoms with Gasteiger partial charge in [0.05, 0.1) is 6.04 Å². The average molecular weight is 593 g/mol. The number of nitrogens with zero attached hydrogens (tertiary/aromatic N) is 1. The van der Waals surface area contributed by atoms with Gasteiger partial charge in [0.25, 0.3) is 0 Å². The molecule has 0 radical (unpaired) electrons. The van der Waals surface area contributed by atoms with Crippen molar-refractivity contribution in [2.75, 3.05) is 19.6 Å². The zero-order chi connectivity index (χ0) is 31.1. The van der Waals surface area contributed by atoms with Gasteiger partial charge in [-0.2, -0.15) is 0 Å². The lowest BCUT2D eigenvalue weighted by molar-refractivity contribution is -0.125. The van der Waals surface area contributed by atoms with Crippen molar-refractivity contribution in [1.82, 2.24) is 20.9 Å². The fraction of sp³-hybridized carbons (Fsp3) is 0.455. The van der Waals surface area contributed by atoms with Gasteiger partial charge in [0.1, 0.15) is 18.2 Å². The molecule has 3 rings (SSSR count). The topological polar surface area (TPSA) is 126 Å². The minimum absolute atomic E-state index is 0.0848. The van der Waals surface area contributed by atoms with E-state index < -0.39 is 35.8 Å². The van der Waals surface area contributed by atoms with E-state index in [2.05, 4.69) is 16.0 Å². The van der Waals surface area contributed by atoms with Crippen LogP contribution in [-0.2, 0) is 32.1 Å². The Morgan fingerprint density at radius 3 is 2.14 bits per heavy atom. The molecule has 3 N–H and O–H groups in total. The Hall–Kier alpha value is -4.34. The number of alkyl carbamates (subject to hydrolysis) is 2.